The Morgan fingerprint density at radius 1 is 0.600 bits per heavy atom. The summed E-state index contributed by atoms with van der Waals surface area (Å²) in [4.78, 5) is 11.1. The summed E-state index contributed by atoms with van der Waals surface area (Å²) in [6.45, 7) is 5.83. The number of carboxylic acid groups (broad SMARTS) is 1. The van der Waals surface area contributed by atoms with Gasteiger partial charge in [0, 0.05) is 6.61 Å². The molecule has 0 aromatic rings. The van der Waals surface area contributed by atoms with Gasteiger partial charge in [0.25, 0.3) is 6.29 Å². The molecule has 1 unspecified atom stereocenters. The summed E-state index contributed by atoms with van der Waals surface area (Å²) in [5, 5.41) is 9.08. The number of rotatable bonds is 25. The number of carboxylic acids is 1. The van der Waals surface area contributed by atoms with Crippen molar-refractivity contribution in [2.75, 3.05) is 26.4 Å². The van der Waals surface area contributed by atoms with Crippen molar-refractivity contribution in [3.63, 3.8) is 0 Å². The second-order valence-corrected chi connectivity index (χ2v) is 8.27. The predicted octanol–water partition coefficient (Wildman–Crippen LogP) is 7.12. The Morgan fingerprint density at radius 3 is 1.40 bits per heavy atom. The molecule has 180 valence electrons. The molecule has 0 saturated carbocycles. The van der Waals surface area contributed by atoms with Crippen LogP contribution in [0.2, 0.25) is 0 Å². The SMILES string of the molecule is CCCCCCCCCCCCCCCCCCCOC(OCCOCC)C(=O)O. The fraction of sp³-hybridized carbons (Fsp3) is 0.960. The molecule has 0 saturated heterocycles. The van der Waals surface area contributed by atoms with E-state index in [1.54, 1.807) is 0 Å². The van der Waals surface area contributed by atoms with Crippen LogP contribution in [0.1, 0.15) is 123 Å². The zero-order valence-corrected chi connectivity index (χ0v) is 20.0. The zero-order chi connectivity index (χ0) is 22.1. The maximum atomic E-state index is 11.1. The van der Waals surface area contributed by atoms with Gasteiger partial charge in [-0.05, 0) is 13.3 Å². The van der Waals surface area contributed by atoms with Crippen LogP contribution in [0.5, 0.6) is 0 Å². The summed E-state index contributed by atoms with van der Waals surface area (Å²) in [5.41, 5.74) is 0. The van der Waals surface area contributed by atoms with E-state index in [-0.39, 0.29) is 6.61 Å². The van der Waals surface area contributed by atoms with Crippen molar-refractivity contribution in [3.05, 3.63) is 0 Å². The number of unbranched alkanes of at least 4 members (excludes halogenated alkanes) is 16. The fourth-order valence-corrected chi connectivity index (χ4v) is 3.57. The molecule has 0 rings (SSSR count). The summed E-state index contributed by atoms with van der Waals surface area (Å²) in [6, 6.07) is 0. The number of hydrogen-bond acceptors (Lipinski definition) is 4. The van der Waals surface area contributed by atoms with Crippen LogP contribution in [0.3, 0.4) is 0 Å². The molecule has 0 amide bonds. The summed E-state index contributed by atoms with van der Waals surface area (Å²) in [6.07, 6.45) is 21.4. The van der Waals surface area contributed by atoms with E-state index >= 15 is 0 Å². The van der Waals surface area contributed by atoms with Crippen LogP contribution in [0, 0.1) is 0 Å². The average molecular weight is 431 g/mol. The third-order valence-corrected chi connectivity index (χ3v) is 5.42. The molecule has 0 heterocycles. The molecule has 5 nitrogen and oxygen atoms in total. The minimum absolute atomic E-state index is 0.240. The molecular weight excluding hydrogens is 380 g/mol. The van der Waals surface area contributed by atoms with Crippen LogP contribution < -0.4 is 0 Å². The van der Waals surface area contributed by atoms with E-state index in [4.69, 9.17) is 19.3 Å². The van der Waals surface area contributed by atoms with E-state index < -0.39 is 12.3 Å². The summed E-state index contributed by atoms with van der Waals surface area (Å²) >= 11 is 0. The summed E-state index contributed by atoms with van der Waals surface area (Å²) in [7, 11) is 0. The first kappa shape index (κ1) is 29.4. The first-order chi connectivity index (χ1) is 14.7. The second-order valence-electron chi connectivity index (χ2n) is 8.27. The van der Waals surface area contributed by atoms with Crippen LogP contribution in [0.4, 0.5) is 0 Å². The van der Waals surface area contributed by atoms with Crippen molar-refractivity contribution in [2.24, 2.45) is 0 Å². The first-order valence-corrected chi connectivity index (χ1v) is 12.8. The Bertz CT molecular complexity index is 348. The Kier molecular flexibility index (Phi) is 24.1. The molecule has 1 N–H and O–H groups in total. The van der Waals surface area contributed by atoms with E-state index in [2.05, 4.69) is 6.92 Å². The minimum Gasteiger partial charge on any atom is -0.477 e. The maximum Gasteiger partial charge on any atom is 0.361 e. The molecule has 0 fully saturated rings. The van der Waals surface area contributed by atoms with E-state index in [1.165, 1.54) is 96.3 Å². The van der Waals surface area contributed by atoms with Crippen LogP contribution in [0.25, 0.3) is 0 Å². The maximum absolute atomic E-state index is 11.1. The van der Waals surface area contributed by atoms with Gasteiger partial charge in [0.15, 0.2) is 0 Å². The number of aliphatic carboxylic acids is 1. The van der Waals surface area contributed by atoms with Crippen molar-refractivity contribution in [1.29, 1.82) is 0 Å². The Morgan fingerprint density at radius 2 is 1.00 bits per heavy atom. The van der Waals surface area contributed by atoms with E-state index in [0.717, 1.165) is 12.8 Å². The fourth-order valence-electron chi connectivity index (χ4n) is 3.57. The van der Waals surface area contributed by atoms with Crippen LogP contribution >= 0.6 is 0 Å². The molecule has 0 aromatic carbocycles. The smallest absolute Gasteiger partial charge is 0.361 e. The lowest BCUT2D eigenvalue weighted by atomic mass is 10.0. The van der Waals surface area contributed by atoms with Crippen molar-refractivity contribution >= 4 is 5.97 Å². The van der Waals surface area contributed by atoms with Gasteiger partial charge < -0.3 is 19.3 Å². The Hall–Kier alpha value is -0.650. The Balaban J connectivity index is 3.27. The van der Waals surface area contributed by atoms with Crippen LogP contribution in [0.15, 0.2) is 0 Å². The topological polar surface area (TPSA) is 65.0 Å². The zero-order valence-electron chi connectivity index (χ0n) is 20.0. The van der Waals surface area contributed by atoms with Gasteiger partial charge >= 0.3 is 5.97 Å². The quantitative estimate of drug-likeness (QED) is 0.123. The van der Waals surface area contributed by atoms with Gasteiger partial charge in [-0.1, -0.05) is 110 Å². The van der Waals surface area contributed by atoms with Crippen LogP contribution in [-0.4, -0.2) is 43.8 Å². The molecule has 0 radical (unpaired) electrons. The molecule has 5 heteroatoms. The first-order valence-electron chi connectivity index (χ1n) is 12.8. The van der Waals surface area contributed by atoms with Crippen molar-refractivity contribution in [2.45, 2.75) is 129 Å². The van der Waals surface area contributed by atoms with Gasteiger partial charge in [-0.15, -0.1) is 0 Å². The van der Waals surface area contributed by atoms with Gasteiger partial charge in [0.2, 0.25) is 0 Å². The third-order valence-electron chi connectivity index (χ3n) is 5.42. The number of carbonyl (C=O) groups is 1. The molecule has 1 atom stereocenters. The van der Waals surface area contributed by atoms with Gasteiger partial charge in [-0.25, -0.2) is 4.79 Å². The van der Waals surface area contributed by atoms with Crippen molar-refractivity contribution in [3.8, 4) is 0 Å². The van der Waals surface area contributed by atoms with Gasteiger partial charge in [-0.3, -0.25) is 0 Å². The molecule has 30 heavy (non-hydrogen) atoms. The van der Waals surface area contributed by atoms with Gasteiger partial charge in [-0.2, -0.15) is 0 Å². The van der Waals surface area contributed by atoms with Gasteiger partial charge in [0.05, 0.1) is 19.8 Å². The monoisotopic (exact) mass is 430 g/mol. The van der Waals surface area contributed by atoms with E-state index in [0.29, 0.717) is 19.8 Å². The highest BCUT2D eigenvalue weighted by molar-refractivity contribution is 5.70. The standard InChI is InChI=1S/C25H50O5/c1-3-5-6-7-8-9-10-11-12-13-14-15-16-17-18-19-20-21-29-25(24(26)27)30-23-22-28-4-2/h25H,3-23H2,1-2H3,(H,26,27). The van der Waals surface area contributed by atoms with E-state index in [1.807, 2.05) is 6.92 Å². The summed E-state index contributed by atoms with van der Waals surface area (Å²) < 4.78 is 15.7. The molecule has 0 bridgehead atoms. The third kappa shape index (κ3) is 22.0. The molecular formula is C25H50O5. The largest absolute Gasteiger partial charge is 0.477 e. The second kappa shape index (κ2) is 24.6. The van der Waals surface area contributed by atoms with Crippen molar-refractivity contribution < 1.29 is 24.1 Å². The molecule has 0 aromatic heterocycles. The average Bonchev–Trinajstić information content (AvgIpc) is 2.74. The molecule has 0 aliphatic rings. The van der Waals surface area contributed by atoms with E-state index in [9.17, 15) is 4.79 Å². The molecule has 0 aliphatic heterocycles. The molecule has 0 spiro atoms. The lowest BCUT2D eigenvalue weighted by Gasteiger charge is -2.14. The van der Waals surface area contributed by atoms with Crippen LogP contribution in [-0.2, 0) is 19.0 Å². The summed E-state index contributed by atoms with van der Waals surface area (Å²) in [5.74, 6) is -1.07. The number of hydrogen-bond donors (Lipinski definition) is 1. The van der Waals surface area contributed by atoms with Crippen molar-refractivity contribution in [1.82, 2.24) is 0 Å². The number of ether oxygens (including phenoxy) is 3. The predicted molar refractivity (Wildman–Crippen MR) is 124 cm³/mol. The van der Waals surface area contributed by atoms with Gasteiger partial charge in [0.1, 0.15) is 0 Å². The minimum atomic E-state index is -1.17. The lowest BCUT2D eigenvalue weighted by molar-refractivity contribution is -0.192. The lowest BCUT2D eigenvalue weighted by Crippen LogP contribution is -2.29. The highest BCUT2D eigenvalue weighted by Crippen LogP contribution is 2.14. The Labute approximate surface area is 186 Å². The highest BCUT2D eigenvalue weighted by atomic mass is 16.7. The normalized spacial score (nSPS) is 12.3. The molecule has 0 aliphatic carbocycles. The highest BCUT2D eigenvalue weighted by Gasteiger charge is 2.18.